The first-order valence-electron chi connectivity index (χ1n) is 4.59. The Morgan fingerprint density at radius 3 is 2.94 bits per heavy atom. The summed E-state index contributed by atoms with van der Waals surface area (Å²) in [6.45, 7) is 0. The second kappa shape index (κ2) is 4.32. The number of carbonyl (C=O) groups excluding carboxylic acids is 1. The average molecular weight is 242 g/mol. The minimum Gasteiger partial charge on any atom is -0.451 e. The molecule has 0 unspecified atom stereocenters. The summed E-state index contributed by atoms with van der Waals surface area (Å²) in [6, 6.07) is 0. The van der Waals surface area contributed by atoms with Crippen LogP contribution in [-0.2, 0) is 7.05 Å². The van der Waals surface area contributed by atoms with Gasteiger partial charge in [0.05, 0.1) is 5.69 Å². The Kier molecular flexibility index (Phi) is 2.86. The van der Waals surface area contributed by atoms with E-state index in [9.17, 15) is 13.6 Å². The molecule has 0 bridgehead atoms. The van der Waals surface area contributed by atoms with Crippen LogP contribution in [0, 0.1) is 0 Å². The first-order chi connectivity index (χ1) is 8.08. The number of nitrogens with zero attached hydrogens (tertiary/aromatic N) is 3. The highest BCUT2D eigenvalue weighted by molar-refractivity contribution is 6.02. The molecule has 2 rings (SSSR count). The van der Waals surface area contributed by atoms with Crippen LogP contribution < -0.4 is 5.32 Å². The Bertz CT molecular complexity index is 521. The summed E-state index contributed by atoms with van der Waals surface area (Å²) in [5, 5.41) is 5.84. The second-order valence-corrected chi connectivity index (χ2v) is 3.23. The first kappa shape index (κ1) is 11.2. The lowest BCUT2D eigenvalue weighted by Gasteiger charge is -2.01. The van der Waals surface area contributed by atoms with Crippen LogP contribution in [0.4, 0.5) is 14.5 Å². The van der Waals surface area contributed by atoms with Crippen molar-refractivity contribution >= 4 is 11.6 Å². The number of oxazole rings is 1. The largest absolute Gasteiger partial charge is 0.451 e. The zero-order valence-corrected chi connectivity index (χ0v) is 8.72. The molecule has 90 valence electrons. The molecule has 2 aromatic heterocycles. The smallest absolute Gasteiger partial charge is 0.284 e. The third-order valence-electron chi connectivity index (χ3n) is 1.98. The Hall–Kier alpha value is -2.25. The number of hydrogen-bond acceptors (Lipinski definition) is 4. The van der Waals surface area contributed by atoms with Crippen molar-refractivity contribution in [3.8, 4) is 0 Å². The maximum atomic E-state index is 12.6. The molecule has 0 aliphatic rings. The van der Waals surface area contributed by atoms with Crippen LogP contribution in [0.2, 0.25) is 0 Å². The molecule has 0 spiro atoms. The zero-order valence-electron chi connectivity index (χ0n) is 8.72. The Labute approximate surface area is 94.2 Å². The van der Waals surface area contributed by atoms with E-state index in [0.29, 0.717) is 0 Å². The van der Waals surface area contributed by atoms with Gasteiger partial charge in [-0.1, -0.05) is 0 Å². The summed E-state index contributed by atoms with van der Waals surface area (Å²) in [7, 11) is 1.48. The molecule has 8 heteroatoms. The third kappa shape index (κ3) is 2.30. The van der Waals surface area contributed by atoms with E-state index in [1.54, 1.807) is 0 Å². The zero-order chi connectivity index (χ0) is 12.4. The monoisotopic (exact) mass is 242 g/mol. The van der Waals surface area contributed by atoms with E-state index >= 15 is 0 Å². The van der Waals surface area contributed by atoms with E-state index in [1.807, 2.05) is 0 Å². The number of amides is 1. The maximum Gasteiger partial charge on any atom is 0.284 e. The van der Waals surface area contributed by atoms with Crippen molar-refractivity contribution in [2.45, 2.75) is 6.43 Å². The van der Waals surface area contributed by atoms with Crippen molar-refractivity contribution in [1.29, 1.82) is 0 Å². The topological polar surface area (TPSA) is 73.0 Å². The highest BCUT2D eigenvalue weighted by Gasteiger charge is 2.20. The molecule has 0 fully saturated rings. The van der Waals surface area contributed by atoms with E-state index in [-0.39, 0.29) is 11.4 Å². The first-order valence-corrected chi connectivity index (χ1v) is 4.59. The number of halogens is 2. The molecule has 2 aromatic rings. The molecule has 17 heavy (non-hydrogen) atoms. The van der Waals surface area contributed by atoms with Crippen LogP contribution in [0.3, 0.4) is 0 Å². The van der Waals surface area contributed by atoms with Gasteiger partial charge in [0.25, 0.3) is 12.3 Å². The van der Waals surface area contributed by atoms with Crippen LogP contribution in [-0.4, -0.2) is 20.7 Å². The Morgan fingerprint density at radius 1 is 1.59 bits per heavy atom. The van der Waals surface area contributed by atoms with Gasteiger partial charge in [-0.15, -0.1) is 0 Å². The van der Waals surface area contributed by atoms with E-state index in [1.165, 1.54) is 17.9 Å². The second-order valence-electron chi connectivity index (χ2n) is 3.23. The minimum atomic E-state index is -2.76. The summed E-state index contributed by atoms with van der Waals surface area (Å²) < 4.78 is 31.0. The van der Waals surface area contributed by atoms with Gasteiger partial charge in [0, 0.05) is 13.2 Å². The van der Waals surface area contributed by atoms with Gasteiger partial charge >= 0.3 is 0 Å². The van der Waals surface area contributed by atoms with Gasteiger partial charge in [-0.05, 0) is 0 Å². The third-order valence-corrected chi connectivity index (χ3v) is 1.98. The lowest BCUT2D eigenvalue weighted by molar-refractivity contribution is 0.102. The van der Waals surface area contributed by atoms with Crippen molar-refractivity contribution in [3.05, 3.63) is 30.2 Å². The summed E-state index contributed by atoms with van der Waals surface area (Å²) in [4.78, 5) is 15.1. The molecule has 0 aromatic carbocycles. The molecule has 6 nitrogen and oxygen atoms in total. The molecule has 0 radical (unpaired) electrons. The number of aromatic nitrogens is 3. The molecule has 0 aliphatic carbocycles. The fourth-order valence-corrected chi connectivity index (χ4v) is 1.27. The Balaban J connectivity index is 2.21. The van der Waals surface area contributed by atoms with E-state index in [4.69, 9.17) is 0 Å². The summed E-state index contributed by atoms with van der Waals surface area (Å²) in [5.41, 5.74) is -0.520. The normalized spacial score (nSPS) is 10.8. The van der Waals surface area contributed by atoms with Crippen LogP contribution in [0.1, 0.15) is 22.6 Å². The van der Waals surface area contributed by atoms with E-state index < -0.39 is 18.0 Å². The number of aryl methyl sites for hydroxylation is 1. The summed E-state index contributed by atoms with van der Waals surface area (Å²) in [6.07, 6.45) is 0.725. The lowest BCUT2D eigenvalue weighted by atomic mass is 10.3. The minimum absolute atomic E-state index is 0.00840. The predicted octanol–water partition coefficient (Wildman–Crippen LogP) is 1.60. The molecular formula is C9H8F2N4O2. The van der Waals surface area contributed by atoms with Crippen molar-refractivity contribution in [3.63, 3.8) is 0 Å². The van der Waals surface area contributed by atoms with Gasteiger partial charge in [-0.25, -0.2) is 13.8 Å². The maximum absolute atomic E-state index is 12.6. The van der Waals surface area contributed by atoms with Crippen molar-refractivity contribution in [2.24, 2.45) is 7.05 Å². The van der Waals surface area contributed by atoms with Gasteiger partial charge in [0.15, 0.2) is 17.8 Å². The van der Waals surface area contributed by atoms with Gasteiger partial charge < -0.3 is 9.73 Å². The standard InChI is InChI=1S/C9H8F2N4O2/c1-15-2-5(7(14-15)8(10)11)13-9(16)6-3-17-4-12-6/h2-4,8H,1H3,(H,13,16). The average Bonchev–Trinajstić information content (AvgIpc) is 2.86. The van der Waals surface area contributed by atoms with Crippen LogP contribution >= 0.6 is 0 Å². The molecule has 0 saturated carbocycles. The number of alkyl halides is 2. The van der Waals surface area contributed by atoms with Gasteiger partial charge in [0.1, 0.15) is 6.26 Å². The Morgan fingerprint density at radius 2 is 2.35 bits per heavy atom. The molecule has 1 amide bonds. The highest BCUT2D eigenvalue weighted by Crippen LogP contribution is 2.25. The lowest BCUT2D eigenvalue weighted by Crippen LogP contribution is -2.13. The van der Waals surface area contributed by atoms with Crippen LogP contribution in [0.25, 0.3) is 0 Å². The molecule has 0 atom stereocenters. The predicted molar refractivity (Wildman–Crippen MR) is 52.6 cm³/mol. The number of anilines is 1. The number of hydrogen-bond donors (Lipinski definition) is 1. The number of rotatable bonds is 3. The number of nitrogens with one attached hydrogen (secondary N) is 1. The molecular weight excluding hydrogens is 234 g/mol. The summed E-state index contributed by atoms with van der Waals surface area (Å²) >= 11 is 0. The molecule has 1 N–H and O–H groups in total. The molecule has 0 aliphatic heterocycles. The number of carbonyl (C=O) groups is 1. The van der Waals surface area contributed by atoms with Crippen molar-refractivity contribution in [2.75, 3.05) is 5.32 Å². The van der Waals surface area contributed by atoms with Crippen LogP contribution in [0.15, 0.2) is 23.3 Å². The fourth-order valence-electron chi connectivity index (χ4n) is 1.27. The van der Waals surface area contributed by atoms with Crippen molar-refractivity contribution < 1.29 is 18.0 Å². The molecule has 2 heterocycles. The highest BCUT2D eigenvalue weighted by atomic mass is 19.3. The van der Waals surface area contributed by atoms with Gasteiger partial charge in [-0.2, -0.15) is 5.10 Å². The van der Waals surface area contributed by atoms with E-state index in [2.05, 4.69) is 19.8 Å². The SMILES string of the molecule is Cn1cc(NC(=O)c2cocn2)c(C(F)F)n1. The van der Waals surface area contributed by atoms with Crippen LogP contribution in [0.5, 0.6) is 0 Å². The van der Waals surface area contributed by atoms with Gasteiger partial charge in [-0.3, -0.25) is 9.48 Å². The fraction of sp³-hybridized carbons (Fsp3) is 0.222. The van der Waals surface area contributed by atoms with Crippen molar-refractivity contribution in [1.82, 2.24) is 14.8 Å². The van der Waals surface area contributed by atoms with E-state index in [0.717, 1.165) is 12.7 Å². The summed E-state index contributed by atoms with van der Waals surface area (Å²) in [5.74, 6) is -0.631. The quantitative estimate of drug-likeness (QED) is 0.887. The van der Waals surface area contributed by atoms with Gasteiger partial charge in [0.2, 0.25) is 0 Å². The molecule has 0 saturated heterocycles.